The van der Waals surface area contributed by atoms with Crippen molar-refractivity contribution in [1.82, 2.24) is 9.97 Å². The summed E-state index contributed by atoms with van der Waals surface area (Å²) in [7, 11) is 0. The molecule has 0 bridgehead atoms. The van der Waals surface area contributed by atoms with Crippen molar-refractivity contribution < 1.29 is 9.84 Å². The number of anilines is 2. The van der Waals surface area contributed by atoms with Crippen LogP contribution in [0.25, 0.3) is 0 Å². The third-order valence-electron chi connectivity index (χ3n) is 4.63. The molecule has 1 aromatic rings. The smallest absolute Gasteiger partial charge is 0.191 e. The predicted molar refractivity (Wildman–Crippen MR) is 92.8 cm³/mol. The molecule has 23 heavy (non-hydrogen) atoms. The number of nitrogens with zero attached hydrogens (tertiary/aromatic N) is 3. The summed E-state index contributed by atoms with van der Waals surface area (Å²) in [6.45, 7) is 4.40. The lowest BCUT2D eigenvalue weighted by atomic mass is 9.88. The van der Waals surface area contributed by atoms with Crippen molar-refractivity contribution in [2.45, 2.75) is 55.9 Å². The van der Waals surface area contributed by atoms with Gasteiger partial charge in [0.05, 0.1) is 18.3 Å². The van der Waals surface area contributed by atoms with Crippen LogP contribution < -0.4 is 10.6 Å². The van der Waals surface area contributed by atoms with Crippen molar-refractivity contribution in [2.24, 2.45) is 0 Å². The van der Waals surface area contributed by atoms with Gasteiger partial charge in [0.15, 0.2) is 5.16 Å². The minimum Gasteiger partial charge on any atom is -0.391 e. The highest BCUT2D eigenvalue weighted by molar-refractivity contribution is 7.99. The van der Waals surface area contributed by atoms with Crippen LogP contribution >= 0.6 is 11.8 Å². The molecule has 0 amide bonds. The van der Waals surface area contributed by atoms with Gasteiger partial charge in [-0.05, 0) is 19.3 Å². The summed E-state index contributed by atoms with van der Waals surface area (Å²) in [5.41, 5.74) is 5.82. The summed E-state index contributed by atoms with van der Waals surface area (Å²) in [5.74, 6) is 2.46. The number of hydrogen-bond acceptors (Lipinski definition) is 7. The maximum Gasteiger partial charge on any atom is 0.191 e. The molecule has 1 aromatic heterocycles. The molecule has 128 valence electrons. The molecule has 0 unspecified atom stereocenters. The van der Waals surface area contributed by atoms with Crippen molar-refractivity contribution in [2.75, 3.05) is 36.1 Å². The predicted octanol–water partition coefficient (Wildman–Crippen LogP) is 2.07. The van der Waals surface area contributed by atoms with Crippen LogP contribution in [0.4, 0.5) is 11.6 Å². The number of nitrogen functional groups attached to an aromatic ring is 1. The Morgan fingerprint density at radius 1 is 1.43 bits per heavy atom. The Morgan fingerprint density at radius 2 is 2.22 bits per heavy atom. The quantitative estimate of drug-likeness (QED) is 0.483. The number of piperidine rings is 1. The van der Waals surface area contributed by atoms with Crippen molar-refractivity contribution >= 4 is 23.4 Å². The molecule has 2 saturated heterocycles. The van der Waals surface area contributed by atoms with E-state index in [1.54, 1.807) is 11.8 Å². The minimum atomic E-state index is -0.308. The molecule has 1 spiro atoms. The number of aliphatic hydroxyl groups excluding tert-OH is 1. The van der Waals surface area contributed by atoms with E-state index in [0.717, 1.165) is 55.5 Å². The number of nitrogens with two attached hydrogens (primary N) is 1. The maximum atomic E-state index is 9.73. The van der Waals surface area contributed by atoms with Crippen LogP contribution in [0.5, 0.6) is 0 Å². The van der Waals surface area contributed by atoms with Gasteiger partial charge in [0.1, 0.15) is 11.6 Å². The average Bonchev–Trinajstić information content (AvgIpc) is 2.88. The number of thioether (sulfide) groups is 1. The molecular formula is C16H26N4O2S. The molecule has 2 fully saturated rings. The second-order valence-electron chi connectivity index (χ2n) is 6.47. The maximum absolute atomic E-state index is 9.73. The van der Waals surface area contributed by atoms with E-state index in [2.05, 4.69) is 21.8 Å². The fourth-order valence-corrected chi connectivity index (χ4v) is 4.22. The topological polar surface area (TPSA) is 84.5 Å². The summed E-state index contributed by atoms with van der Waals surface area (Å²) < 4.78 is 5.85. The van der Waals surface area contributed by atoms with E-state index >= 15 is 0 Å². The number of rotatable bonds is 5. The van der Waals surface area contributed by atoms with E-state index in [0.29, 0.717) is 12.4 Å². The zero-order valence-electron chi connectivity index (χ0n) is 13.7. The van der Waals surface area contributed by atoms with E-state index < -0.39 is 0 Å². The lowest BCUT2D eigenvalue weighted by molar-refractivity contribution is -0.0167. The van der Waals surface area contributed by atoms with Crippen LogP contribution in [-0.4, -0.2) is 52.2 Å². The van der Waals surface area contributed by atoms with Gasteiger partial charge in [0.25, 0.3) is 0 Å². The second kappa shape index (κ2) is 7.23. The van der Waals surface area contributed by atoms with Gasteiger partial charge in [0.2, 0.25) is 0 Å². The van der Waals surface area contributed by atoms with Crippen molar-refractivity contribution in [3.8, 4) is 0 Å². The lowest BCUT2D eigenvalue weighted by Crippen LogP contribution is -2.44. The molecular weight excluding hydrogens is 312 g/mol. The van der Waals surface area contributed by atoms with Crippen LogP contribution in [0, 0.1) is 0 Å². The number of unbranched alkanes of at least 4 members (excludes halogenated alkanes) is 1. The first-order chi connectivity index (χ1) is 11.1. The summed E-state index contributed by atoms with van der Waals surface area (Å²) in [4.78, 5) is 11.2. The monoisotopic (exact) mass is 338 g/mol. The van der Waals surface area contributed by atoms with E-state index in [4.69, 9.17) is 10.5 Å². The van der Waals surface area contributed by atoms with E-state index in [9.17, 15) is 5.11 Å². The number of aromatic nitrogens is 2. The van der Waals surface area contributed by atoms with Crippen LogP contribution in [-0.2, 0) is 4.74 Å². The van der Waals surface area contributed by atoms with Crippen molar-refractivity contribution in [3.63, 3.8) is 0 Å². The van der Waals surface area contributed by atoms with E-state index in [1.165, 1.54) is 6.42 Å². The molecule has 0 aliphatic carbocycles. The average molecular weight is 338 g/mol. The standard InChI is InChI=1S/C16H26N4O2S/c1-2-3-8-23-15-18-13(17)9-14(19-15)20-6-4-16(5-7-20)10-12(21)11-22-16/h9,12,21H,2-8,10-11H2,1H3,(H2,17,18,19)/t12-/m0/s1. The third-order valence-corrected chi connectivity index (χ3v) is 5.56. The van der Waals surface area contributed by atoms with Crippen LogP contribution in [0.3, 0.4) is 0 Å². The zero-order chi connectivity index (χ0) is 16.3. The Kier molecular flexibility index (Phi) is 5.28. The highest BCUT2D eigenvalue weighted by Crippen LogP contribution is 2.37. The molecule has 6 nitrogen and oxygen atoms in total. The Morgan fingerprint density at radius 3 is 2.87 bits per heavy atom. The van der Waals surface area contributed by atoms with E-state index in [-0.39, 0.29) is 11.7 Å². The fourth-order valence-electron chi connectivity index (χ4n) is 3.28. The lowest BCUT2D eigenvalue weighted by Gasteiger charge is -2.39. The summed E-state index contributed by atoms with van der Waals surface area (Å²) >= 11 is 1.67. The summed E-state index contributed by atoms with van der Waals surface area (Å²) in [5, 5.41) is 10.5. The molecule has 3 heterocycles. The van der Waals surface area contributed by atoms with Gasteiger partial charge in [-0.2, -0.15) is 0 Å². The van der Waals surface area contributed by atoms with Crippen LogP contribution in [0.2, 0.25) is 0 Å². The highest BCUT2D eigenvalue weighted by Gasteiger charge is 2.42. The Hall–Kier alpha value is -1.05. The van der Waals surface area contributed by atoms with Gasteiger partial charge in [0, 0.05) is 31.3 Å². The first-order valence-electron chi connectivity index (χ1n) is 8.44. The molecule has 2 aliphatic heterocycles. The fraction of sp³-hybridized carbons (Fsp3) is 0.750. The molecule has 3 rings (SSSR count). The molecule has 0 aromatic carbocycles. The van der Waals surface area contributed by atoms with Gasteiger partial charge in [-0.1, -0.05) is 25.1 Å². The van der Waals surface area contributed by atoms with Crippen LogP contribution in [0.15, 0.2) is 11.2 Å². The summed E-state index contributed by atoms with van der Waals surface area (Å²) in [6.07, 6.45) is 4.62. The van der Waals surface area contributed by atoms with E-state index in [1.807, 2.05) is 6.07 Å². The Bertz CT molecular complexity index is 535. The summed E-state index contributed by atoms with van der Waals surface area (Å²) in [6, 6.07) is 1.85. The van der Waals surface area contributed by atoms with Gasteiger partial charge in [-0.15, -0.1) is 0 Å². The first-order valence-corrected chi connectivity index (χ1v) is 9.43. The molecule has 0 saturated carbocycles. The first kappa shape index (κ1) is 16.8. The molecule has 1 atom stereocenters. The second-order valence-corrected chi connectivity index (χ2v) is 7.54. The number of ether oxygens (including phenoxy) is 1. The van der Waals surface area contributed by atoms with Crippen molar-refractivity contribution in [1.29, 1.82) is 0 Å². The molecule has 7 heteroatoms. The number of hydrogen-bond donors (Lipinski definition) is 2. The number of aliphatic hydroxyl groups is 1. The zero-order valence-corrected chi connectivity index (χ0v) is 14.5. The Balaban J connectivity index is 1.63. The molecule has 0 radical (unpaired) electrons. The minimum absolute atomic E-state index is 0.132. The normalized spacial score (nSPS) is 23.6. The van der Waals surface area contributed by atoms with Gasteiger partial charge in [-0.25, -0.2) is 9.97 Å². The van der Waals surface area contributed by atoms with Gasteiger partial charge >= 0.3 is 0 Å². The molecule has 3 N–H and O–H groups in total. The van der Waals surface area contributed by atoms with Crippen LogP contribution in [0.1, 0.15) is 39.0 Å². The van der Waals surface area contributed by atoms with Gasteiger partial charge in [-0.3, -0.25) is 0 Å². The van der Waals surface area contributed by atoms with Crippen molar-refractivity contribution in [3.05, 3.63) is 6.07 Å². The van der Waals surface area contributed by atoms with Gasteiger partial charge < -0.3 is 20.5 Å². The highest BCUT2D eigenvalue weighted by atomic mass is 32.2. The largest absolute Gasteiger partial charge is 0.391 e. The SMILES string of the molecule is CCCCSc1nc(N)cc(N2CCC3(CC2)C[C@H](O)CO3)n1. The molecule has 2 aliphatic rings. The Labute approximate surface area is 141 Å². The third kappa shape index (κ3) is 4.08.